The number of Topliss-reactive ketones (excluding diaryl/α,β-unsaturated/α-hetero) is 1. The standard InChI is InChI=1S/C21H30N2O4/c1-13(2)22(14(3)4)10-11-23-19(16-8-7-9-17(12-16)27-6)18(15(5)24)20(25)21(23)26/h7-9,12-14,19,25H,10-11H2,1-6H3/p+1/t19-/m0/s1. The smallest absolute Gasteiger partial charge is 0.290 e. The summed E-state index contributed by atoms with van der Waals surface area (Å²) in [6, 6.07) is 7.52. The van der Waals surface area contributed by atoms with Gasteiger partial charge in [-0.05, 0) is 52.3 Å². The summed E-state index contributed by atoms with van der Waals surface area (Å²) in [6.07, 6.45) is 0. The number of aliphatic hydroxyl groups excluding tert-OH is 1. The van der Waals surface area contributed by atoms with Gasteiger partial charge < -0.3 is 19.6 Å². The van der Waals surface area contributed by atoms with Gasteiger partial charge in [-0.25, -0.2) is 0 Å². The molecule has 6 nitrogen and oxygen atoms in total. The monoisotopic (exact) mass is 375 g/mol. The summed E-state index contributed by atoms with van der Waals surface area (Å²) in [6.45, 7) is 11.2. The zero-order valence-electron chi connectivity index (χ0n) is 17.1. The summed E-state index contributed by atoms with van der Waals surface area (Å²) in [7, 11) is 1.57. The van der Waals surface area contributed by atoms with E-state index in [-0.39, 0.29) is 11.4 Å². The molecule has 0 radical (unpaired) electrons. The molecule has 0 saturated carbocycles. The number of carbonyl (C=O) groups is 2. The zero-order chi connectivity index (χ0) is 20.3. The molecule has 0 saturated heterocycles. The lowest BCUT2D eigenvalue weighted by Crippen LogP contribution is -3.18. The van der Waals surface area contributed by atoms with Crippen LogP contribution in [0.15, 0.2) is 35.6 Å². The molecule has 2 N–H and O–H groups in total. The fraction of sp³-hybridized carbons (Fsp3) is 0.524. The summed E-state index contributed by atoms with van der Waals surface area (Å²) in [5.74, 6) is -0.579. The Morgan fingerprint density at radius 3 is 2.41 bits per heavy atom. The first-order chi connectivity index (χ1) is 12.7. The van der Waals surface area contributed by atoms with Crippen molar-refractivity contribution < 1.29 is 24.3 Å². The number of nitrogens with zero attached hydrogens (tertiary/aromatic N) is 1. The Hall–Kier alpha value is -2.34. The fourth-order valence-electron chi connectivity index (χ4n) is 3.90. The molecule has 1 heterocycles. The van der Waals surface area contributed by atoms with Crippen LogP contribution in [0, 0.1) is 0 Å². The van der Waals surface area contributed by atoms with E-state index in [1.807, 2.05) is 24.3 Å². The van der Waals surface area contributed by atoms with E-state index in [4.69, 9.17) is 4.74 Å². The van der Waals surface area contributed by atoms with Gasteiger partial charge >= 0.3 is 0 Å². The van der Waals surface area contributed by atoms with Crippen molar-refractivity contribution in [2.24, 2.45) is 0 Å². The highest BCUT2D eigenvalue weighted by atomic mass is 16.5. The van der Waals surface area contributed by atoms with E-state index >= 15 is 0 Å². The number of carbonyl (C=O) groups excluding carboxylic acids is 2. The number of amides is 1. The largest absolute Gasteiger partial charge is 0.503 e. The minimum atomic E-state index is -0.592. The number of hydrogen-bond donors (Lipinski definition) is 2. The second kappa shape index (κ2) is 8.57. The molecule has 1 amide bonds. The Labute approximate surface area is 161 Å². The molecule has 0 spiro atoms. The Balaban J connectivity index is 2.39. The number of hydrogen-bond acceptors (Lipinski definition) is 4. The van der Waals surface area contributed by atoms with Gasteiger partial charge in [0.25, 0.3) is 5.91 Å². The molecule has 6 heteroatoms. The first-order valence-corrected chi connectivity index (χ1v) is 9.43. The van der Waals surface area contributed by atoms with Gasteiger partial charge in [0.05, 0.1) is 43.9 Å². The van der Waals surface area contributed by atoms with Crippen LogP contribution < -0.4 is 9.64 Å². The summed E-state index contributed by atoms with van der Waals surface area (Å²) in [5.41, 5.74) is 0.913. The third kappa shape index (κ3) is 4.33. The van der Waals surface area contributed by atoms with Crippen LogP contribution in [0.2, 0.25) is 0 Å². The van der Waals surface area contributed by atoms with Crippen molar-refractivity contribution >= 4 is 11.7 Å². The molecule has 0 unspecified atom stereocenters. The minimum Gasteiger partial charge on any atom is -0.503 e. The number of nitrogens with one attached hydrogen (secondary N) is 1. The van der Waals surface area contributed by atoms with Gasteiger partial charge in [-0.3, -0.25) is 9.59 Å². The minimum absolute atomic E-state index is 0.156. The highest BCUT2D eigenvalue weighted by molar-refractivity contribution is 6.08. The maximum absolute atomic E-state index is 12.7. The Bertz CT molecular complexity index is 731. The van der Waals surface area contributed by atoms with Crippen molar-refractivity contribution in [3.63, 3.8) is 0 Å². The third-order valence-electron chi connectivity index (χ3n) is 5.22. The Morgan fingerprint density at radius 1 is 1.26 bits per heavy atom. The molecule has 1 atom stereocenters. The van der Waals surface area contributed by atoms with Gasteiger partial charge in [0.2, 0.25) is 0 Å². The van der Waals surface area contributed by atoms with Gasteiger partial charge in [-0.1, -0.05) is 12.1 Å². The molecule has 0 bridgehead atoms. The number of benzene rings is 1. The first kappa shape index (κ1) is 21.0. The van der Waals surface area contributed by atoms with E-state index in [0.717, 1.165) is 12.1 Å². The molecule has 0 fully saturated rings. The predicted molar refractivity (Wildman–Crippen MR) is 104 cm³/mol. The van der Waals surface area contributed by atoms with Crippen molar-refractivity contribution in [2.75, 3.05) is 20.2 Å². The van der Waals surface area contributed by atoms with Crippen molar-refractivity contribution in [3.05, 3.63) is 41.2 Å². The maximum atomic E-state index is 12.7. The van der Waals surface area contributed by atoms with Crippen LogP contribution in [0.4, 0.5) is 0 Å². The van der Waals surface area contributed by atoms with Gasteiger partial charge in [0.1, 0.15) is 5.75 Å². The van der Waals surface area contributed by atoms with Crippen LogP contribution in [0.3, 0.4) is 0 Å². The quantitative estimate of drug-likeness (QED) is 0.725. The number of rotatable bonds is 8. The molecule has 148 valence electrons. The van der Waals surface area contributed by atoms with Crippen LogP contribution in [-0.4, -0.2) is 54.0 Å². The molecule has 0 aromatic heterocycles. The number of ether oxygens (including phenoxy) is 1. The Morgan fingerprint density at radius 2 is 1.89 bits per heavy atom. The average Bonchev–Trinajstić information content (AvgIpc) is 2.86. The van der Waals surface area contributed by atoms with Crippen LogP contribution >= 0.6 is 0 Å². The summed E-state index contributed by atoms with van der Waals surface area (Å²) < 4.78 is 5.29. The molecule has 1 aliphatic rings. The number of aliphatic hydroxyl groups is 1. The van der Waals surface area contributed by atoms with Crippen molar-refractivity contribution in [2.45, 2.75) is 52.7 Å². The molecular formula is C21H31N2O4+. The van der Waals surface area contributed by atoms with Crippen LogP contribution in [0.25, 0.3) is 0 Å². The van der Waals surface area contributed by atoms with E-state index in [2.05, 4.69) is 27.7 Å². The predicted octanol–water partition coefficient (Wildman–Crippen LogP) is 1.68. The van der Waals surface area contributed by atoms with Gasteiger partial charge in [-0.15, -0.1) is 0 Å². The van der Waals surface area contributed by atoms with Gasteiger partial charge in [-0.2, -0.15) is 0 Å². The lowest BCUT2D eigenvalue weighted by atomic mass is 9.96. The molecule has 1 aromatic rings. The second-order valence-electron chi connectivity index (χ2n) is 7.63. The second-order valence-corrected chi connectivity index (χ2v) is 7.63. The number of methoxy groups -OCH3 is 1. The van der Waals surface area contributed by atoms with E-state index in [9.17, 15) is 14.7 Å². The van der Waals surface area contributed by atoms with Gasteiger partial charge in [0.15, 0.2) is 11.5 Å². The highest BCUT2D eigenvalue weighted by Gasteiger charge is 2.42. The van der Waals surface area contributed by atoms with E-state index in [0.29, 0.717) is 24.4 Å². The summed E-state index contributed by atoms with van der Waals surface area (Å²) in [5, 5.41) is 10.4. The van der Waals surface area contributed by atoms with Crippen molar-refractivity contribution in [1.82, 2.24) is 4.90 Å². The van der Waals surface area contributed by atoms with E-state index in [1.165, 1.54) is 11.8 Å². The van der Waals surface area contributed by atoms with E-state index < -0.39 is 17.7 Å². The number of ketones is 1. The number of quaternary nitrogens is 1. The molecule has 0 aliphatic carbocycles. The van der Waals surface area contributed by atoms with Crippen molar-refractivity contribution in [1.29, 1.82) is 0 Å². The van der Waals surface area contributed by atoms with Gasteiger partial charge in [0, 0.05) is 0 Å². The van der Waals surface area contributed by atoms with Crippen LogP contribution in [0.1, 0.15) is 46.2 Å². The summed E-state index contributed by atoms with van der Waals surface area (Å²) >= 11 is 0. The zero-order valence-corrected chi connectivity index (χ0v) is 17.1. The lowest BCUT2D eigenvalue weighted by molar-refractivity contribution is -0.941. The maximum Gasteiger partial charge on any atom is 0.290 e. The summed E-state index contributed by atoms with van der Waals surface area (Å²) in [4.78, 5) is 27.9. The molecule has 1 aliphatic heterocycles. The first-order valence-electron chi connectivity index (χ1n) is 9.43. The SMILES string of the molecule is COc1cccc([C@H]2C(C(C)=O)=C(O)C(=O)N2CC[NH+](C(C)C)C(C)C)c1. The molecule has 2 rings (SSSR count). The van der Waals surface area contributed by atoms with Crippen molar-refractivity contribution in [3.8, 4) is 5.75 Å². The van der Waals surface area contributed by atoms with Crippen LogP contribution in [0.5, 0.6) is 5.75 Å². The normalized spacial score (nSPS) is 17.6. The molecule has 1 aromatic carbocycles. The van der Waals surface area contributed by atoms with Crippen LogP contribution in [-0.2, 0) is 9.59 Å². The lowest BCUT2D eigenvalue weighted by Gasteiger charge is -2.32. The highest BCUT2D eigenvalue weighted by Crippen LogP contribution is 2.38. The third-order valence-corrected chi connectivity index (χ3v) is 5.22. The fourth-order valence-corrected chi connectivity index (χ4v) is 3.90. The topological polar surface area (TPSA) is 71.3 Å². The molecular weight excluding hydrogens is 344 g/mol. The van der Waals surface area contributed by atoms with E-state index in [1.54, 1.807) is 12.0 Å². The molecule has 27 heavy (non-hydrogen) atoms. The average molecular weight is 375 g/mol. The Kier molecular flexibility index (Phi) is 6.65.